The molecule has 0 spiro atoms. The number of rotatable bonds is 4. The van der Waals surface area contributed by atoms with Crippen molar-refractivity contribution in [3.05, 3.63) is 47.2 Å². The Morgan fingerprint density at radius 2 is 1.88 bits per heavy atom. The van der Waals surface area contributed by atoms with Gasteiger partial charge in [-0.3, -0.25) is 9.69 Å². The number of carbonyl (C=O) groups is 1. The Kier molecular flexibility index (Phi) is 4.90. The lowest BCUT2D eigenvalue weighted by molar-refractivity contribution is -0.158. The smallest absolute Gasteiger partial charge is 0.416 e. The molecule has 1 saturated heterocycles. The molecule has 1 aliphatic heterocycles. The SMILES string of the molecule is O=C1CN(Cc2nnc(C(F)(F)F)o2)CCN1Cc1ccc(F)cc1F. The molecular weight excluding hydrogens is 363 g/mol. The fourth-order valence-electron chi connectivity index (χ4n) is 2.54. The number of carbonyl (C=O) groups excluding carboxylic acids is 1. The number of halogens is 5. The summed E-state index contributed by atoms with van der Waals surface area (Å²) in [5.74, 6) is -3.48. The van der Waals surface area contributed by atoms with Crippen LogP contribution in [0.15, 0.2) is 22.6 Å². The van der Waals surface area contributed by atoms with Crippen molar-refractivity contribution in [2.24, 2.45) is 0 Å². The summed E-state index contributed by atoms with van der Waals surface area (Å²) in [6.45, 7) is 0.353. The summed E-state index contributed by atoms with van der Waals surface area (Å²) in [7, 11) is 0. The molecule has 2 heterocycles. The van der Waals surface area contributed by atoms with Gasteiger partial charge in [-0.15, -0.1) is 10.2 Å². The molecule has 0 saturated carbocycles. The van der Waals surface area contributed by atoms with E-state index in [1.165, 1.54) is 11.0 Å². The molecule has 0 bridgehead atoms. The van der Waals surface area contributed by atoms with Crippen molar-refractivity contribution in [1.29, 1.82) is 0 Å². The number of nitrogens with zero attached hydrogens (tertiary/aromatic N) is 4. The number of amides is 1. The fourth-order valence-corrected chi connectivity index (χ4v) is 2.54. The highest BCUT2D eigenvalue weighted by atomic mass is 19.4. The highest BCUT2D eigenvalue weighted by Crippen LogP contribution is 2.28. The van der Waals surface area contributed by atoms with Gasteiger partial charge in [-0.25, -0.2) is 8.78 Å². The van der Waals surface area contributed by atoms with Gasteiger partial charge in [0.2, 0.25) is 11.8 Å². The lowest BCUT2D eigenvalue weighted by Crippen LogP contribution is -2.49. The van der Waals surface area contributed by atoms with Gasteiger partial charge in [0.05, 0.1) is 13.1 Å². The van der Waals surface area contributed by atoms with Crippen molar-refractivity contribution in [2.45, 2.75) is 19.3 Å². The summed E-state index contributed by atoms with van der Waals surface area (Å²) in [6, 6.07) is 3.11. The number of benzene rings is 1. The lowest BCUT2D eigenvalue weighted by atomic mass is 10.1. The molecule has 11 heteroatoms. The van der Waals surface area contributed by atoms with Crippen LogP contribution in [0.3, 0.4) is 0 Å². The van der Waals surface area contributed by atoms with E-state index >= 15 is 0 Å². The second kappa shape index (κ2) is 6.98. The number of hydrogen-bond donors (Lipinski definition) is 0. The van der Waals surface area contributed by atoms with Crippen LogP contribution in [0.2, 0.25) is 0 Å². The van der Waals surface area contributed by atoms with E-state index in [1.807, 2.05) is 0 Å². The molecule has 1 aliphatic rings. The third-order valence-electron chi connectivity index (χ3n) is 3.84. The monoisotopic (exact) mass is 376 g/mol. The Balaban J connectivity index is 1.58. The minimum Gasteiger partial charge on any atom is -0.416 e. The van der Waals surface area contributed by atoms with Crippen molar-refractivity contribution in [1.82, 2.24) is 20.0 Å². The third kappa shape index (κ3) is 4.15. The topological polar surface area (TPSA) is 62.5 Å². The van der Waals surface area contributed by atoms with Crippen LogP contribution in [-0.2, 0) is 24.1 Å². The maximum Gasteiger partial charge on any atom is 0.470 e. The average molecular weight is 376 g/mol. The highest BCUT2D eigenvalue weighted by molar-refractivity contribution is 5.79. The standard InChI is InChI=1S/C15H13F5N4O2/c16-10-2-1-9(11(17)5-10)6-24-4-3-23(8-13(24)25)7-12-21-22-14(26-12)15(18,19)20/h1-2,5H,3-4,6-8H2. The third-order valence-corrected chi connectivity index (χ3v) is 3.84. The second-order valence-corrected chi connectivity index (χ2v) is 5.76. The maximum atomic E-state index is 13.7. The van der Waals surface area contributed by atoms with Crippen LogP contribution in [0.25, 0.3) is 0 Å². The van der Waals surface area contributed by atoms with Crippen LogP contribution in [0.4, 0.5) is 22.0 Å². The summed E-state index contributed by atoms with van der Waals surface area (Å²) in [4.78, 5) is 15.1. The van der Waals surface area contributed by atoms with Gasteiger partial charge in [0.1, 0.15) is 11.6 Å². The van der Waals surface area contributed by atoms with E-state index in [0.29, 0.717) is 6.54 Å². The first-order chi connectivity index (χ1) is 12.2. The second-order valence-electron chi connectivity index (χ2n) is 5.76. The van der Waals surface area contributed by atoms with E-state index < -0.39 is 23.7 Å². The number of hydrogen-bond acceptors (Lipinski definition) is 5. The molecule has 0 atom stereocenters. The summed E-state index contributed by atoms with van der Waals surface area (Å²) in [5, 5.41) is 6.24. The van der Waals surface area contributed by atoms with Gasteiger partial charge in [0.25, 0.3) is 0 Å². The molecule has 26 heavy (non-hydrogen) atoms. The first kappa shape index (κ1) is 18.2. The van der Waals surface area contributed by atoms with Crippen molar-refractivity contribution in [2.75, 3.05) is 19.6 Å². The van der Waals surface area contributed by atoms with Gasteiger partial charge in [0, 0.05) is 31.3 Å². The molecule has 0 radical (unpaired) electrons. The summed E-state index contributed by atoms with van der Waals surface area (Å²) in [6.07, 6.45) is -4.72. The van der Waals surface area contributed by atoms with Crippen LogP contribution in [0, 0.1) is 11.6 Å². The Morgan fingerprint density at radius 3 is 2.50 bits per heavy atom. The van der Waals surface area contributed by atoms with Crippen LogP contribution in [-0.4, -0.2) is 45.5 Å². The van der Waals surface area contributed by atoms with Crippen molar-refractivity contribution in [3.8, 4) is 0 Å². The molecule has 2 aromatic rings. The van der Waals surface area contributed by atoms with E-state index in [1.54, 1.807) is 4.90 Å². The Hall–Kier alpha value is -2.56. The van der Waals surface area contributed by atoms with Crippen molar-refractivity contribution in [3.63, 3.8) is 0 Å². The first-order valence-electron chi connectivity index (χ1n) is 7.56. The molecule has 1 amide bonds. The predicted octanol–water partition coefficient (Wildman–Crippen LogP) is 2.21. The largest absolute Gasteiger partial charge is 0.470 e. The molecule has 3 rings (SSSR count). The Labute approximate surface area is 144 Å². The Morgan fingerprint density at radius 1 is 1.12 bits per heavy atom. The van der Waals surface area contributed by atoms with E-state index in [0.717, 1.165) is 12.1 Å². The van der Waals surface area contributed by atoms with Gasteiger partial charge >= 0.3 is 12.1 Å². The van der Waals surface area contributed by atoms with Crippen LogP contribution in [0.1, 0.15) is 17.3 Å². The average Bonchev–Trinajstić information content (AvgIpc) is 3.01. The van der Waals surface area contributed by atoms with Gasteiger partial charge in [-0.05, 0) is 6.07 Å². The number of piperazine rings is 1. The fraction of sp³-hybridized carbons (Fsp3) is 0.400. The molecule has 1 aromatic heterocycles. The van der Waals surface area contributed by atoms with Gasteiger partial charge in [-0.1, -0.05) is 6.07 Å². The van der Waals surface area contributed by atoms with Crippen LogP contribution in [0.5, 0.6) is 0 Å². The van der Waals surface area contributed by atoms with Crippen LogP contribution >= 0.6 is 0 Å². The normalized spacial score (nSPS) is 16.3. The minimum atomic E-state index is -4.72. The van der Waals surface area contributed by atoms with Gasteiger partial charge in [-0.2, -0.15) is 13.2 Å². The molecule has 0 unspecified atom stereocenters. The molecular formula is C15H13F5N4O2. The number of alkyl halides is 3. The molecule has 1 fully saturated rings. The molecule has 140 valence electrons. The van der Waals surface area contributed by atoms with Gasteiger partial charge in [0.15, 0.2) is 0 Å². The van der Waals surface area contributed by atoms with Crippen molar-refractivity contribution >= 4 is 5.91 Å². The lowest BCUT2D eigenvalue weighted by Gasteiger charge is -2.33. The molecule has 1 aromatic carbocycles. The Bertz CT molecular complexity index is 808. The van der Waals surface area contributed by atoms with E-state index in [9.17, 15) is 26.7 Å². The zero-order chi connectivity index (χ0) is 18.9. The summed E-state index contributed by atoms with van der Waals surface area (Å²) >= 11 is 0. The zero-order valence-corrected chi connectivity index (χ0v) is 13.3. The molecule has 0 aliphatic carbocycles. The maximum absolute atomic E-state index is 13.7. The minimum absolute atomic E-state index is 0.0163. The van der Waals surface area contributed by atoms with E-state index in [-0.39, 0.29) is 43.5 Å². The van der Waals surface area contributed by atoms with E-state index in [4.69, 9.17) is 0 Å². The quantitative estimate of drug-likeness (QED) is 0.766. The molecule has 0 N–H and O–H groups in total. The summed E-state index contributed by atoms with van der Waals surface area (Å²) < 4.78 is 68.4. The summed E-state index contributed by atoms with van der Waals surface area (Å²) in [5.41, 5.74) is 0.180. The van der Waals surface area contributed by atoms with Crippen molar-refractivity contribution < 1.29 is 31.2 Å². The van der Waals surface area contributed by atoms with E-state index in [2.05, 4.69) is 14.6 Å². The first-order valence-corrected chi connectivity index (χ1v) is 7.56. The molecule has 6 nitrogen and oxygen atoms in total. The highest BCUT2D eigenvalue weighted by Gasteiger charge is 2.38. The van der Waals surface area contributed by atoms with Gasteiger partial charge < -0.3 is 9.32 Å². The zero-order valence-electron chi connectivity index (χ0n) is 13.3. The predicted molar refractivity (Wildman–Crippen MR) is 76.4 cm³/mol. The van der Waals surface area contributed by atoms with Crippen LogP contribution < -0.4 is 0 Å². The number of aromatic nitrogens is 2.